The van der Waals surface area contributed by atoms with Crippen molar-refractivity contribution >= 4 is 75.1 Å². The van der Waals surface area contributed by atoms with Crippen LogP contribution in [0.5, 0.6) is 0 Å². The van der Waals surface area contributed by atoms with Crippen molar-refractivity contribution in [2.75, 3.05) is 31.0 Å². The van der Waals surface area contributed by atoms with E-state index in [0.717, 1.165) is 40.5 Å². The van der Waals surface area contributed by atoms with E-state index in [9.17, 15) is 34.6 Å². The number of carbonyl (C=O) groups is 4. The lowest BCUT2D eigenvalue weighted by atomic mass is 10.0. The van der Waals surface area contributed by atoms with Crippen LogP contribution in [0.1, 0.15) is 0 Å². The molecule has 1 fully saturated rings. The normalized spacial score (nSPS) is 23.2. The third-order valence-electron chi connectivity index (χ3n) is 6.86. The number of carbonyl (C=O) groups excluding carboxylic acids is 3. The van der Waals surface area contributed by atoms with Gasteiger partial charge >= 0.3 is 5.97 Å². The van der Waals surface area contributed by atoms with Gasteiger partial charge < -0.3 is 31.2 Å². The molecule has 7 N–H and O–H groups in total. The van der Waals surface area contributed by atoms with Gasteiger partial charge in [0.05, 0.1) is 11.5 Å². The van der Waals surface area contributed by atoms with Gasteiger partial charge in [-0.25, -0.2) is 9.36 Å². The number of hydrogen-bond donors (Lipinski definition) is 6. The topological polar surface area (TPSA) is 229 Å². The molecule has 2 aromatic heterocycles. The zero-order valence-electron chi connectivity index (χ0n) is 23.4. The molecule has 1 saturated heterocycles. The summed E-state index contributed by atoms with van der Waals surface area (Å²) in [6, 6.07) is 2.52. The third kappa shape index (κ3) is 6.17. The van der Waals surface area contributed by atoms with E-state index in [2.05, 4.69) is 15.5 Å². The van der Waals surface area contributed by atoms with Crippen LogP contribution in [0.3, 0.4) is 0 Å². The number of pyridine rings is 1. The van der Waals surface area contributed by atoms with Gasteiger partial charge in [-0.2, -0.15) is 10.2 Å². The number of nitrogens with zero attached hydrogens (tertiary/aromatic N) is 5. The number of oxime groups is 1. The second kappa shape index (κ2) is 13.0. The molecule has 236 valence electrons. The van der Waals surface area contributed by atoms with Crippen molar-refractivity contribution in [3.05, 3.63) is 64.9 Å². The van der Waals surface area contributed by atoms with Crippen LogP contribution in [0.15, 0.2) is 75.0 Å². The SMILES string of the molecule is CON=C(C(=O)N[C@@H]1C(=O)N2C(C(=O)O)=C(CSc3cc[n+](CCO)cc3)CS[C@H]12)C1=CC(=O)C(O)=C[N+]1(O)c1csc(N)n1. The molecule has 45 heavy (non-hydrogen) atoms. The summed E-state index contributed by atoms with van der Waals surface area (Å²) >= 11 is 3.62. The number of anilines is 1. The Morgan fingerprint density at radius 1 is 1.33 bits per heavy atom. The quantitative estimate of drug-likeness (QED) is 0.0464. The van der Waals surface area contributed by atoms with E-state index < -0.39 is 56.8 Å². The summed E-state index contributed by atoms with van der Waals surface area (Å²) in [6.45, 7) is 0.446. The average Bonchev–Trinajstić information content (AvgIpc) is 3.46. The van der Waals surface area contributed by atoms with E-state index in [1.807, 2.05) is 12.1 Å². The van der Waals surface area contributed by atoms with Crippen LogP contribution in [-0.4, -0.2) is 96.3 Å². The highest BCUT2D eigenvalue weighted by atomic mass is 32.2. The number of nitrogen functional groups attached to an aromatic ring is 1. The number of β-lactam (4-membered cyclic amide) rings is 1. The Morgan fingerprint density at radius 2 is 2.07 bits per heavy atom. The van der Waals surface area contributed by atoms with Gasteiger partial charge in [0.15, 0.2) is 30.3 Å². The molecule has 5 heterocycles. The third-order valence-corrected chi connectivity index (χ3v) is 9.96. The lowest BCUT2D eigenvalue weighted by molar-refractivity contribution is -0.698. The van der Waals surface area contributed by atoms with Crippen LogP contribution < -0.4 is 20.3 Å². The fourth-order valence-electron chi connectivity index (χ4n) is 4.74. The Kier molecular flexibility index (Phi) is 9.28. The first-order valence-electron chi connectivity index (χ1n) is 13.0. The largest absolute Gasteiger partial charge is 0.500 e. The van der Waals surface area contributed by atoms with Gasteiger partial charge in [0.1, 0.15) is 30.8 Å². The number of hydrogen-bond acceptors (Lipinski definition) is 14. The Hall–Kier alpha value is -4.27. The van der Waals surface area contributed by atoms with E-state index in [1.54, 1.807) is 17.0 Å². The number of allylic oxidation sites excluding steroid dienone is 1. The van der Waals surface area contributed by atoms with Crippen molar-refractivity contribution in [3.63, 3.8) is 0 Å². The number of amides is 2. The maximum absolute atomic E-state index is 13.5. The summed E-state index contributed by atoms with van der Waals surface area (Å²) in [4.78, 5) is 62.3. The fourth-order valence-corrected chi connectivity index (χ4v) is 7.69. The number of aliphatic hydroxyl groups is 2. The molecule has 0 aliphatic carbocycles. The Balaban J connectivity index is 1.35. The maximum atomic E-state index is 13.5. The minimum absolute atomic E-state index is 0.000769. The summed E-state index contributed by atoms with van der Waals surface area (Å²) in [7, 11) is 1.12. The van der Waals surface area contributed by atoms with E-state index in [-0.39, 0.29) is 29.0 Å². The Morgan fingerprint density at radius 3 is 2.69 bits per heavy atom. The van der Waals surface area contributed by atoms with E-state index >= 15 is 0 Å². The molecule has 0 aromatic carbocycles. The first-order valence-corrected chi connectivity index (χ1v) is 16.0. The van der Waals surface area contributed by atoms with Crippen LogP contribution in [0.4, 0.5) is 10.9 Å². The summed E-state index contributed by atoms with van der Waals surface area (Å²) < 4.78 is 0.347. The van der Waals surface area contributed by atoms with Gasteiger partial charge in [0.25, 0.3) is 17.6 Å². The van der Waals surface area contributed by atoms with E-state index in [4.69, 9.17) is 15.7 Å². The predicted octanol–water partition coefficient (Wildman–Crippen LogP) is 0.101. The first kappa shape index (κ1) is 32.1. The molecular weight excluding hydrogens is 651 g/mol. The number of thiazole rings is 1. The highest BCUT2D eigenvalue weighted by Gasteiger charge is 2.55. The van der Waals surface area contributed by atoms with Crippen molar-refractivity contribution in [3.8, 4) is 0 Å². The number of fused-ring (bicyclic) bond motifs is 1. The van der Waals surface area contributed by atoms with Gasteiger partial charge in [0, 0.05) is 28.5 Å². The van der Waals surface area contributed by atoms with Crippen LogP contribution in [-0.2, 0) is 30.6 Å². The van der Waals surface area contributed by atoms with E-state index in [0.29, 0.717) is 17.9 Å². The number of ketones is 1. The van der Waals surface area contributed by atoms with Crippen LogP contribution in [0.2, 0.25) is 0 Å². The number of nitrogens with two attached hydrogens (primary N) is 1. The molecule has 0 radical (unpaired) electrons. The number of aromatic nitrogens is 2. The molecule has 1 unspecified atom stereocenters. The second-order valence-electron chi connectivity index (χ2n) is 9.66. The summed E-state index contributed by atoms with van der Waals surface area (Å²) in [5, 5.41) is 47.5. The van der Waals surface area contributed by atoms with Gasteiger partial charge in [0.2, 0.25) is 23.0 Å². The second-order valence-corrected chi connectivity index (χ2v) is 12.7. The minimum Gasteiger partial charge on any atom is -0.500 e. The molecule has 0 saturated carbocycles. The van der Waals surface area contributed by atoms with Gasteiger partial charge in [-0.05, 0) is 5.57 Å². The zero-order chi connectivity index (χ0) is 32.5. The highest BCUT2D eigenvalue weighted by Crippen LogP contribution is 2.42. The van der Waals surface area contributed by atoms with Crippen LogP contribution in [0, 0.1) is 0 Å². The van der Waals surface area contributed by atoms with Crippen LogP contribution in [0.25, 0.3) is 0 Å². The standard InChI is InChI=1S/C26H25N7O9S3/c1-42-30-19(15-8-16(35)17(36)9-33(15,41)18-12-45-26(27)28-18)22(37)29-20-23(38)32-21(25(39)40)13(11-44-24(20)32)10-43-14-2-4-31(5-3-14)6-7-34/h2-5,8-9,12,20,24,34,41H,6-7,10-11H2,1H3,(H3-2,27,28,29,36,37,39,40)/p+2/t20-,24-,33?/m1/s1. The molecule has 0 bridgehead atoms. The number of hydroxylamine groups is 2. The van der Waals surface area contributed by atoms with Crippen molar-refractivity contribution in [1.82, 2.24) is 19.8 Å². The van der Waals surface area contributed by atoms with E-state index in [1.165, 1.54) is 28.9 Å². The minimum atomic E-state index is -1.46. The van der Waals surface area contributed by atoms with Gasteiger partial charge in [-0.15, -0.1) is 23.5 Å². The average molecular weight is 678 g/mol. The van der Waals surface area contributed by atoms with Crippen molar-refractivity contribution in [2.45, 2.75) is 22.9 Å². The fraction of sp³-hybridized carbons (Fsp3) is 0.269. The number of aliphatic carboxylic acids is 1. The number of thioether (sulfide) groups is 2. The van der Waals surface area contributed by atoms with Crippen molar-refractivity contribution < 1.29 is 49.1 Å². The van der Waals surface area contributed by atoms with Gasteiger partial charge in [-0.3, -0.25) is 19.3 Å². The maximum Gasteiger partial charge on any atom is 0.352 e. The predicted molar refractivity (Wildman–Crippen MR) is 162 cm³/mol. The number of carboxylic acid groups (broad SMARTS) is 1. The molecule has 3 atom stereocenters. The molecule has 0 spiro atoms. The molecule has 5 rings (SSSR count). The van der Waals surface area contributed by atoms with Gasteiger partial charge in [-0.1, -0.05) is 21.1 Å². The van der Waals surface area contributed by atoms with Crippen LogP contribution >= 0.6 is 34.9 Å². The van der Waals surface area contributed by atoms with Crippen molar-refractivity contribution in [2.24, 2.45) is 5.16 Å². The molecule has 19 heteroatoms. The molecule has 16 nitrogen and oxygen atoms in total. The number of carboxylic acids is 1. The lowest BCUT2D eigenvalue weighted by Gasteiger charge is -2.49. The number of quaternary nitrogens is 1. The first-order chi connectivity index (χ1) is 21.5. The Bertz CT molecular complexity index is 1690. The summed E-state index contributed by atoms with van der Waals surface area (Å²) in [5.74, 6) is -4.33. The molecule has 3 aliphatic heterocycles. The number of nitrogens with one attached hydrogen (secondary N) is 1. The molecule has 2 amide bonds. The monoisotopic (exact) mass is 677 g/mol. The van der Waals surface area contributed by atoms with Crippen molar-refractivity contribution in [1.29, 1.82) is 0 Å². The smallest absolute Gasteiger partial charge is 0.352 e. The summed E-state index contributed by atoms with van der Waals surface area (Å²) in [5.41, 5.74) is 5.02. The molecular formula is C26H27N7O9S3+2. The highest BCUT2D eigenvalue weighted by molar-refractivity contribution is 8.01. The molecule has 3 aliphatic rings. The number of aliphatic hydroxyl groups excluding tert-OH is 2. The Labute approximate surface area is 267 Å². The summed E-state index contributed by atoms with van der Waals surface area (Å²) in [6.07, 6.45) is 5.12. The number of rotatable bonds is 11. The molecule has 2 aromatic rings. The lowest BCUT2D eigenvalue weighted by Crippen LogP contribution is -2.71. The zero-order valence-corrected chi connectivity index (χ0v) is 25.8.